The molecule has 0 heterocycles. The van der Waals surface area contributed by atoms with Crippen molar-refractivity contribution < 1.29 is 17.9 Å². The number of nitrogens with one attached hydrogen (secondary N) is 1. The molecular weight excluding hydrogens is 390 g/mol. The number of benzene rings is 2. The van der Waals surface area contributed by atoms with Gasteiger partial charge in [0.15, 0.2) is 0 Å². The molecule has 2 aromatic rings. The Labute approximate surface area is 173 Å². The lowest BCUT2D eigenvalue weighted by molar-refractivity contribution is -0.121. The van der Waals surface area contributed by atoms with Gasteiger partial charge in [0.25, 0.3) is 0 Å². The number of hydrogen-bond acceptors (Lipinski definition) is 5. The Hall–Kier alpha value is -2.42. The van der Waals surface area contributed by atoms with Crippen molar-refractivity contribution >= 4 is 15.9 Å². The van der Waals surface area contributed by atoms with Crippen LogP contribution in [0.3, 0.4) is 0 Å². The number of sulfonamides is 1. The summed E-state index contributed by atoms with van der Waals surface area (Å²) in [5, 5.41) is 2.84. The van der Waals surface area contributed by atoms with E-state index in [2.05, 4.69) is 5.32 Å². The van der Waals surface area contributed by atoms with Gasteiger partial charge >= 0.3 is 0 Å². The summed E-state index contributed by atoms with van der Waals surface area (Å²) in [7, 11) is 3.15. The van der Waals surface area contributed by atoms with Gasteiger partial charge in [0.05, 0.1) is 24.6 Å². The Balaban J connectivity index is 2.00. The van der Waals surface area contributed by atoms with Crippen LogP contribution >= 0.6 is 0 Å². The summed E-state index contributed by atoms with van der Waals surface area (Å²) in [4.78, 5) is 14.6. The highest BCUT2D eigenvalue weighted by Crippen LogP contribution is 2.21. The van der Waals surface area contributed by atoms with Gasteiger partial charge in [-0.15, -0.1) is 0 Å². The summed E-state index contributed by atoms with van der Waals surface area (Å²) in [5.74, 6) is 0.404. The van der Waals surface area contributed by atoms with Crippen molar-refractivity contribution in [2.45, 2.75) is 17.9 Å². The third-order valence-electron chi connectivity index (χ3n) is 4.71. The molecule has 0 saturated heterocycles. The smallest absolute Gasteiger partial charge is 0.243 e. The number of aryl methyl sites for hydroxylation is 1. The normalized spacial score (nSPS) is 12.8. The van der Waals surface area contributed by atoms with Gasteiger partial charge in [-0.25, -0.2) is 8.42 Å². The van der Waals surface area contributed by atoms with Crippen LogP contribution in [0.2, 0.25) is 0 Å². The van der Waals surface area contributed by atoms with Crippen molar-refractivity contribution in [1.82, 2.24) is 14.5 Å². The molecule has 8 heteroatoms. The maximum absolute atomic E-state index is 12.6. The highest BCUT2D eigenvalue weighted by Gasteiger charge is 2.23. The predicted octanol–water partition coefficient (Wildman–Crippen LogP) is 2.04. The molecule has 7 nitrogen and oxygen atoms in total. The molecule has 1 amide bonds. The van der Waals surface area contributed by atoms with Crippen molar-refractivity contribution in [3.63, 3.8) is 0 Å². The highest BCUT2D eigenvalue weighted by molar-refractivity contribution is 7.89. The summed E-state index contributed by atoms with van der Waals surface area (Å²) in [6, 6.07) is 14.1. The average Bonchev–Trinajstić information content (AvgIpc) is 2.68. The van der Waals surface area contributed by atoms with E-state index in [1.807, 2.05) is 50.2 Å². The summed E-state index contributed by atoms with van der Waals surface area (Å²) in [6.45, 7) is 1.99. The van der Waals surface area contributed by atoms with Crippen LogP contribution in [0.25, 0.3) is 0 Å². The van der Waals surface area contributed by atoms with Crippen molar-refractivity contribution in [2.24, 2.45) is 0 Å². The first kappa shape index (κ1) is 22.9. The molecule has 2 aromatic carbocycles. The lowest BCUT2D eigenvalue weighted by Gasteiger charge is -2.26. The molecule has 29 heavy (non-hydrogen) atoms. The fourth-order valence-electron chi connectivity index (χ4n) is 2.87. The van der Waals surface area contributed by atoms with Gasteiger partial charge in [-0.05, 0) is 50.8 Å². The van der Waals surface area contributed by atoms with Crippen LogP contribution in [0.5, 0.6) is 5.75 Å². The van der Waals surface area contributed by atoms with Crippen LogP contribution < -0.4 is 10.1 Å². The van der Waals surface area contributed by atoms with Crippen molar-refractivity contribution in [2.75, 3.05) is 41.3 Å². The highest BCUT2D eigenvalue weighted by atomic mass is 32.2. The Kier molecular flexibility index (Phi) is 7.78. The molecule has 0 bridgehead atoms. The number of carbonyl (C=O) groups excluding carboxylic acids is 1. The van der Waals surface area contributed by atoms with Crippen LogP contribution in [-0.4, -0.2) is 64.9 Å². The molecule has 0 fully saturated rings. The predicted molar refractivity (Wildman–Crippen MR) is 113 cm³/mol. The minimum atomic E-state index is -3.72. The Morgan fingerprint density at radius 2 is 1.62 bits per heavy atom. The van der Waals surface area contributed by atoms with Crippen molar-refractivity contribution in [1.29, 1.82) is 0 Å². The molecule has 0 aliphatic carbocycles. The van der Waals surface area contributed by atoms with Crippen LogP contribution in [0.1, 0.15) is 17.2 Å². The summed E-state index contributed by atoms with van der Waals surface area (Å²) in [5.41, 5.74) is 1.99. The molecule has 0 saturated carbocycles. The largest absolute Gasteiger partial charge is 0.497 e. The number of rotatable bonds is 9. The quantitative estimate of drug-likeness (QED) is 0.673. The van der Waals surface area contributed by atoms with E-state index in [1.54, 1.807) is 31.4 Å². The standard InChI is InChI=1S/C21H29N3O4S/c1-16-6-12-19(13-7-16)29(26,27)24(4)15-21(25)22-14-20(23(2)3)17-8-10-18(28-5)11-9-17/h6-13,20H,14-15H2,1-5H3,(H,22,25)/t20-/m1/s1. The molecule has 0 aromatic heterocycles. The molecular formula is C21H29N3O4S. The second-order valence-electron chi connectivity index (χ2n) is 7.13. The SMILES string of the molecule is COc1ccc([C@@H](CNC(=O)CN(C)S(=O)(=O)c2ccc(C)cc2)N(C)C)cc1. The molecule has 1 N–H and O–H groups in total. The van der Waals surface area contributed by atoms with Crippen LogP contribution in [-0.2, 0) is 14.8 Å². The molecule has 1 atom stereocenters. The maximum atomic E-state index is 12.6. The van der Waals surface area contributed by atoms with Crippen molar-refractivity contribution in [3.05, 3.63) is 59.7 Å². The van der Waals surface area contributed by atoms with Gasteiger partial charge in [0.2, 0.25) is 15.9 Å². The number of hydrogen-bond donors (Lipinski definition) is 1. The molecule has 158 valence electrons. The lowest BCUT2D eigenvalue weighted by Crippen LogP contribution is -2.41. The van der Waals surface area contributed by atoms with E-state index in [4.69, 9.17) is 4.74 Å². The van der Waals surface area contributed by atoms with Gasteiger partial charge < -0.3 is 15.0 Å². The summed E-state index contributed by atoms with van der Waals surface area (Å²) < 4.78 is 31.5. The molecule has 0 radical (unpaired) electrons. The van der Waals surface area contributed by atoms with E-state index >= 15 is 0 Å². The topological polar surface area (TPSA) is 79.0 Å². The average molecular weight is 420 g/mol. The zero-order chi connectivity index (χ0) is 21.6. The number of amides is 1. The fourth-order valence-corrected chi connectivity index (χ4v) is 4.00. The molecule has 2 rings (SSSR count). The zero-order valence-corrected chi connectivity index (χ0v) is 18.4. The Bertz CT molecular complexity index is 910. The lowest BCUT2D eigenvalue weighted by atomic mass is 10.1. The minimum Gasteiger partial charge on any atom is -0.497 e. The zero-order valence-electron chi connectivity index (χ0n) is 17.5. The van der Waals surface area contributed by atoms with Gasteiger partial charge in [0, 0.05) is 13.6 Å². The van der Waals surface area contributed by atoms with Crippen LogP contribution in [0.15, 0.2) is 53.4 Å². The number of carbonyl (C=O) groups is 1. The molecule has 0 aliphatic rings. The van der Waals surface area contributed by atoms with E-state index in [0.29, 0.717) is 6.54 Å². The van der Waals surface area contributed by atoms with Crippen LogP contribution in [0.4, 0.5) is 0 Å². The monoisotopic (exact) mass is 419 g/mol. The van der Waals surface area contributed by atoms with Crippen molar-refractivity contribution in [3.8, 4) is 5.75 Å². The van der Waals surface area contributed by atoms with E-state index in [0.717, 1.165) is 21.2 Å². The summed E-state index contributed by atoms with van der Waals surface area (Å²) >= 11 is 0. The number of nitrogens with zero attached hydrogens (tertiary/aromatic N) is 2. The molecule has 0 spiro atoms. The first-order chi connectivity index (χ1) is 13.6. The minimum absolute atomic E-state index is 0.0520. The Morgan fingerprint density at radius 3 is 2.14 bits per heavy atom. The van der Waals surface area contributed by atoms with Gasteiger partial charge in [-0.1, -0.05) is 29.8 Å². The molecule has 0 unspecified atom stereocenters. The third kappa shape index (κ3) is 6.03. The fraction of sp³-hybridized carbons (Fsp3) is 0.381. The number of likely N-dealkylation sites (N-methyl/N-ethyl adjacent to an activating group) is 2. The van der Waals surface area contributed by atoms with E-state index in [1.165, 1.54) is 7.05 Å². The first-order valence-electron chi connectivity index (χ1n) is 9.25. The van der Waals surface area contributed by atoms with E-state index in [9.17, 15) is 13.2 Å². The van der Waals surface area contributed by atoms with E-state index in [-0.39, 0.29) is 23.4 Å². The van der Waals surface area contributed by atoms with Gasteiger partial charge in [-0.2, -0.15) is 4.31 Å². The first-order valence-corrected chi connectivity index (χ1v) is 10.7. The molecule has 0 aliphatic heterocycles. The van der Waals surface area contributed by atoms with Gasteiger partial charge in [-0.3, -0.25) is 4.79 Å². The second kappa shape index (κ2) is 9.87. The van der Waals surface area contributed by atoms with Gasteiger partial charge in [0.1, 0.15) is 5.75 Å². The number of ether oxygens (including phenoxy) is 1. The number of methoxy groups -OCH3 is 1. The van der Waals surface area contributed by atoms with Crippen LogP contribution in [0, 0.1) is 6.92 Å². The Morgan fingerprint density at radius 1 is 1.03 bits per heavy atom. The second-order valence-corrected chi connectivity index (χ2v) is 9.18. The maximum Gasteiger partial charge on any atom is 0.243 e. The summed E-state index contributed by atoms with van der Waals surface area (Å²) in [6.07, 6.45) is 0. The van der Waals surface area contributed by atoms with E-state index < -0.39 is 10.0 Å². The third-order valence-corrected chi connectivity index (χ3v) is 6.53.